The largest absolute Gasteiger partial charge is 0.247 e. The SMILES string of the molecule is c1ccc(-c2ccc(-c3cc(-c4nc(-c5ccccc5)nc(-c5ccccc5)n4)cc(-c4ccc(-c5nc6ccccc6c6ccccc56)c5ccccc45)c3)cc2)cc1. The predicted molar refractivity (Wildman–Crippen MR) is 248 cm³/mol. The summed E-state index contributed by atoms with van der Waals surface area (Å²) in [5.74, 6) is 1.87. The maximum Gasteiger partial charge on any atom is 0.164 e. The van der Waals surface area contributed by atoms with Gasteiger partial charge < -0.3 is 0 Å². The fourth-order valence-corrected chi connectivity index (χ4v) is 8.37. The molecule has 11 aromatic rings. The second-order valence-electron chi connectivity index (χ2n) is 15.0. The van der Waals surface area contributed by atoms with Gasteiger partial charge in [-0.05, 0) is 73.8 Å². The molecule has 0 aliphatic heterocycles. The minimum Gasteiger partial charge on any atom is -0.247 e. The zero-order chi connectivity index (χ0) is 39.8. The van der Waals surface area contributed by atoms with Gasteiger partial charge in [0.25, 0.3) is 0 Å². The molecule has 9 aromatic carbocycles. The average Bonchev–Trinajstić information content (AvgIpc) is 3.34. The summed E-state index contributed by atoms with van der Waals surface area (Å²) in [6.45, 7) is 0. The lowest BCUT2D eigenvalue weighted by Crippen LogP contribution is -2.00. The Hall–Kier alpha value is -8.08. The number of rotatable bonds is 7. The molecule has 4 nitrogen and oxygen atoms in total. The van der Waals surface area contributed by atoms with Gasteiger partial charge in [0.05, 0.1) is 11.2 Å². The molecule has 0 unspecified atom stereocenters. The lowest BCUT2D eigenvalue weighted by Gasteiger charge is -2.16. The van der Waals surface area contributed by atoms with Crippen molar-refractivity contribution in [1.82, 2.24) is 19.9 Å². The van der Waals surface area contributed by atoms with Gasteiger partial charge in [-0.15, -0.1) is 0 Å². The van der Waals surface area contributed by atoms with Crippen LogP contribution in [0.15, 0.2) is 218 Å². The number of para-hydroxylation sites is 1. The number of pyridine rings is 1. The molecule has 0 N–H and O–H groups in total. The molecule has 2 heterocycles. The van der Waals surface area contributed by atoms with Crippen molar-refractivity contribution < 1.29 is 0 Å². The lowest BCUT2D eigenvalue weighted by atomic mass is 9.89. The van der Waals surface area contributed by atoms with E-state index in [0.717, 1.165) is 77.3 Å². The van der Waals surface area contributed by atoms with Gasteiger partial charge >= 0.3 is 0 Å². The first-order valence-corrected chi connectivity index (χ1v) is 20.2. The van der Waals surface area contributed by atoms with Crippen LogP contribution < -0.4 is 0 Å². The summed E-state index contributed by atoms with van der Waals surface area (Å²) in [4.78, 5) is 20.6. The minimum atomic E-state index is 0.611. The van der Waals surface area contributed by atoms with Gasteiger partial charge in [-0.25, -0.2) is 19.9 Å². The van der Waals surface area contributed by atoms with E-state index in [2.05, 4.69) is 158 Å². The van der Waals surface area contributed by atoms with Gasteiger partial charge in [-0.1, -0.05) is 194 Å². The third kappa shape index (κ3) is 6.47. The van der Waals surface area contributed by atoms with Gasteiger partial charge in [0.2, 0.25) is 0 Å². The zero-order valence-electron chi connectivity index (χ0n) is 32.6. The minimum absolute atomic E-state index is 0.611. The first-order valence-electron chi connectivity index (χ1n) is 20.2. The Balaban J connectivity index is 1.13. The van der Waals surface area contributed by atoms with Crippen molar-refractivity contribution in [1.29, 1.82) is 0 Å². The zero-order valence-corrected chi connectivity index (χ0v) is 32.6. The summed E-state index contributed by atoms with van der Waals surface area (Å²) < 4.78 is 0. The Morgan fingerprint density at radius 3 is 1.23 bits per heavy atom. The number of hydrogen-bond acceptors (Lipinski definition) is 4. The highest BCUT2D eigenvalue weighted by Crippen LogP contribution is 2.41. The van der Waals surface area contributed by atoms with Crippen LogP contribution in [0.5, 0.6) is 0 Å². The van der Waals surface area contributed by atoms with E-state index in [1.54, 1.807) is 0 Å². The Morgan fingerprint density at radius 2 is 0.617 bits per heavy atom. The number of fused-ring (bicyclic) bond motifs is 4. The van der Waals surface area contributed by atoms with E-state index in [-0.39, 0.29) is 0 Å². The summed E-state index contributed by atoms with van der Waals surface area (Å²) >= 11 is 0. The molecular weight excluding hydrogens is 729 g/mol. The summed E-state index contributed by atoms with van der Waals surface area (Å²) in [5, 5.41) is 5.77. The van der Waals surface area contributed by atoms with E-state index < -0.39 is 0 Å². The summed E-state index contributed by atoms with van der Waals surface area (Å²) in [6.07, 6.45) is 0. The second kappa shape index (κ2) is 15.0. The molecule has 60 heavy (non-hydrogen) atoms. The van der Waals surface area contributed by atoms with Crippen LogP contribution in [0.1, 0.15) is 0 Å². The van der Waals surface area contributed by atoms with Crippen LogP contribution >= 0.6 is 0 Å². The van der Waals surface area contributed by atoms with Crippen LogP contribution in [0.25, 0.3) is 111 Å². The van der Waals surface area contributed by atoms with Gasteiger partial charge in [-0.2, -0.15) is 0 Å². The lowest BCUT2D eigenvalue weighted by molar-refractivity contribution is 1.07. The molecule has 11 rings (SSSR count). The van der Waals surface area contributed by atoms with Gasteiger partial charge in [0.15, 0.2) is 17.5 Å². The van der Waals surface area contributed by atoms with Gasteiger partial charge in [0.1, 0.15) is 0 Å². The molecule has 0 aliphatic rings. The number of nitrogens with zero attached hydrogens (tertiary/aromatic N) is 4. The molecule has 0 saturated carbocycles. The van der Waals surface area contributed by atoms with Crippen molar-refractivity contribution in [3.05, 3.63) is 218 Å². The molecular formula is C56H36N4. The number of hydrogen-bond donors (Lipinski definition) is 0. The molecule has 0 bridgehead atoms. The van der Waals surface area contributed by atoms with E-state index >= 15 is 0 Å². The molecule has 0 radical (unpaired) electrons. The van der Waals surface area contributed by atoms with Crippen LogP contribution in [0.2, 0.25) is 0 Å². The standard InChI is InChI=1S/C56H36N4/c1-4-16-37(17-5-1)38-28-30-39(31-29-38)42-34-43(36-44(35-42)56-59-54(40-18-6-2-7-19-40)58-55(60-56)41-20-8-3-9-21-41)45-32-33-51(47-23-11-10-22-46(45)47)53-50-26-13-12-24-48(50)49-25-14-15-27-52(49)57-53/h1-36H. The Labute approximate surface area is 348 Å². The van der Waals surface area contributed by atoms with Crippen molar-refractivity contribution >= 4 is 32.4 Å². The van der Waals surface area contributed by atoms with Crippen molar-refractivity contribution in [3.8, 4) is 78.8 Å². The Bertz CT molecular complexity index is 3290. The van der Waals surface area contributed by atoms with Crippen molar-refractivity contribution in [2.75, 3.05) is 0 Å². The van der Waals surface area contributed by atoms with E-state index in [0.29, 0.717) is 17.5 Å². The third-order valence-electron chi connectivity index (χ3n) is 11.3. The van der Waals surface area contributed by atoms with Gasteiger partial charge in [0, 0.05) is 33.0 Å². The molecule has 0 aliphatic carbocycles. The van der Waals surface area contributed by atoms with Crippen molar-refractivity contribution in [2.24, 2.45) is 0 Å². The van der Waals surface area contributed by atoms with Crippen LogP contribution in [0.3, 0.4) is 0 Å². The predicted octanol–water partition coefficient (Wildman–Crippen LogP) is 14.4. The number of aromatic nitrogens is 4. The third-order valence-corrected chi connectivity index (χ3v) is 11.3. The van der Waals surface area contributed by atoms with E-state index in [1.165, 1.54) is 16.5 Å². The highest BCUT2D eigenvalue weighted by Gasteiger charge is 2.18. The monoisotopic (exact) mass is 764 g/mol. The van der Waals surface area contributed by atoms with Crippen molar-refractivity contribution in [3.63, 3.8) is 0 Å². The fraction of sp³-hybridized carbons (Fsp3) is 0. The Kier molecular flexibility index (Phi) is 8.79. The summed E-state index contributed by atoms with van der Waals surface area (Å²) in [6, 6.07) is 76.5. The highest BCUT2D eigenvalue weighted by atomic mass is 15.0. The number of benzene rings is 9. The van der Waals surface area contributed by atoms with Gasteiger partial charge in [-0.3, -0.25) is 0 Å². The first kappa shape index (κ1) is 35.1. The normalized spacial score (nSPS) is 11.3. The fourth-order valence-electron chi connectivity index (χ4n) is 8.37. The van der Waals surface area contributed by atoms with Crippen molar-refractivity contribution in [2.45, 2.75) is 0 Å². The van der Waals surface area contributed by atoms with Crippen LogP contribution in [-0.4, -0.2) is 19.9 Å². The van der Waals surface area contributed by atoms with Crippen LogP contribution in [-0.2, 0) is 0 Å². The maximum absolute atomic E-state index is 5.31. The Morgan fingerprint density at radius 1 is 0.217 bits per heavy atom. The van der Waals surface area contributed by atoms with E-state index in [1.807, 2.05) is 60.7 Å². The summed E-state index contributed by atoms with van der Waals surface area (Å²) in [7, 11) is 0. The quantitative estimate of drug-likeness (QED) is 0.152. The molecule has 4 heteroatoms. The average molecular weight is 765 g/mol. The molecule has 0 fully saturated rings. The summed E-state index contributed by atoms with van der Waals surface area (Å²) in [5.41, 5.74) is 12.5. The molecule has 280 valence electrons. The smallest absolute Gasteiger partial charge is 0.164 e. The molecule has 0 amide bonds. The molecule has 0 saturated heterocycles. The molecule has 0 spiro atoms. The first-order chi connectivity index (χ1) is 29.7. The van der Waals surface area contributed by atoms with Crippen LogP contribution in [0, 0.1) is 0 Å². The molecule has 0 atom stereocenters. The maximum atomic E-state index is 5.31. The second-order valence-corrected chi connectivity index (χ2v) is 15.0. The molecule has 2 aromatic heterocycles. The topological polar surface area (TPSA) is 51.6 Å². The van der Waals surface area contributed by atoms with E-state index in [9.17, 15) is 0 Å². The van der Waals surface area contributed by atoms with E-state index in [4.69, 9.17) is 19.9 Å². The highest BCUT2D eigenvalue weighted by molar-refractivity contribution is 6.15. The van der Waals surface area contributed by atoms with Crippen LogP contribution in [0.4, 0.5) is 0 Å².